The van der Waals surface area contributed by atoms with Gasteiger partial charge in [-0.25, -0.2) is 23.1 Å². The predicted octanol–water partition coefficient (Wildman–Crippen LogP) is 2.94. The van der Waals surface area contributed by atoms with Crippen molar-refractivity contribution in [2.24, 2.45) is 0 Å². The first kappa shape index (κ1) is 19.0. The Bertz CT molecular complexity index is 1150. The molecule has 8 nitrogen and oxygen atoms in total. The lowest BCUT2D eigenvalue weighted by molar-refractivity contribution is 0.576. The lowest BCUT2D eigenvalue weighted by Crippen LogP contribution is -2.29. The van der Waals surface area contributed by atoms with E-state index in [2.05, 4.69) is 24.7 Å². The lowest BCUT2D eigenvalue weighted by Gasteiger charge is -2.28. The maximum absolute atomic E-state index is 12.8. The Morgan fingerprint density at radius 3 is 2.47 bits per heavy atom. The van der Waals surface area contributed by atoms with E-state index in [1.807, 2.05) is 6.07 Å². The van der Waals surface area contributed by atoms with Crippen LogP contribution < -0.4 is 9.62 Å². The molecule has 3 heterocycles. The summed E-state index contributed by atoms with van der Waals surface area (Å²) in [6, 6.07) is 5.36. The smallest absolute Gasteiger partial charge is 0.262 e. The topological polar surface area (TPSA) is 93.0 Å². The molecule has 0 atom stereocenters. The summed E-state index contributed by atoms with van der Waals surface area (Å²) in [4.78, 5) is 11.4. The Balaban J connectivity index is 1.31. The van der Waals surface area contributed by atoms with Crippen molar-refractivity contribution >= 4 is 21.4 Å². The molecule has 0 unspecified atom stereocenters. The Kier molecular flexibility index (Phi) is 4.90. The average Bonchev–Trinajstić information content (AvgIpc) is 3.43. The third-order valence-electron chi connectivity index (χ3n) is 5.77. The highest BCUT2D eigenvalue weighted by molar-refractivity contribution is 7.92. The molecule has 0 spiro atoms. The molecule has 0 bridgehead atoms. The van der Waals surface area contributed by atoms with Gasteiger partial charge in [-0.3, -0.25) is 4.72 Å². The van der Waals surface area contributed by atoms with E-state index in [9.17, 15) is 8.42 Å². The lowest BCUT2D eigenvalue weighted by atomic mass is 10.1. The normalized spacial score (nSPS) is 16.5. The van der Waals surface area contributed by atoms with Gasteiger partial charge < -0.3 is 4.90 Å². The van der Waals surface area contributed by atoms with Gasteiger partial charge in [0.2, 0.25) is 0 Å². The number of hydrogen-bond donors (Lipinski definition) is 1. The molecule has 3 aromatic rings. The zero-order valence-corrected chi connectivity index (χ0v) is 17.5. The molecule has 9 heteroatoms. The molecule has 1 aromatic carbocycles. The van der Waals surface area contributed by atoms with Crippen LogP contribution in [0.1, 0.15) is 36.8 Å². The van der Waals surface area contributed by atoms with E-state index in [0.717, 1.165) is 43.6 Å². The molecule has 1 saturated heterocycles. The number of benzene rings is 1. The largest absolute Gasteiger partial charge is 0.369 e. The molecule has 1 N–H and O–H groups in total. The van der Waals surface area contributed by atoms with Crippen molar-refractivity contribution in [3.05, 3.63) is 54.1 Å². The molecular formula is C21H24N6O2S. The van der Waals surface area contributed by atoms with Gasteiger partial charge in [0.25, 0.3) is 16.0 Å². The van der Waals surface area contributed by atoms with Crippen molar-refractivity contribution in [3.8, 4) is 5.95 Å². The maximum Gasteiger partial charge on any atom is 0.262 e. The van der Waals surface area contributed by atoms with Crippen molar-refractivity contribution < 1.29 is 8.42 Å². The molecular weight excluding hydrogens is 400 g/mol. The van der Waals surface area contributed by atoms with Crippen LogP contribution in [0.15, 0.2) is 47.9 Å². The Morgan fingerprint density at radius 2 is 1.67 bits per heavy atom. The molecule has 1 aliphatic carbocycles. The summed E-state index contributed by atoms with van der Waals surface area (Å²) < 4.78 is 29.6. The Morgan fingerprint density at radius 1 is 0.900 bits per heavy atom. The first-order chi connectivity index (χ1) is 14.6. The van der Waals surface area contributed by atoms with Crippen LogP contribution in [0.3, 0.4) is 0 Å². The fourth-order valence-electron chi connectivity index (χ4n) is 4.16. The minimum absolute atomic E-state index is 0.276. The highest BCUT2D eigenvalue weighted by Gasteiger charge is 2.19. The molecule has 0 amide bonds. The monoisotopic (exact) mass is 424 g/mol. The van der Waals surface area contributed by atoms with Crippen molar-refractivity contribution in [1.29, 1.82) is 0 Å². The number of fused-ring (bicyclic) bond motifs is 1. The van der Waals surface area contributed by atoms with Gasteiger partial charge in [0.05, 0.1) is 41.1 Å². The minimum atomic E-state index is -3.68. The number of anilines is 2. The number of piperidine rings is 1. The Hall–Kier alpha value is -2.94. The number of nitrogens with zero attached hydrogens (tertiary/aromatic N) is 5. The van der Waals surface area contributed by atoms with Crippen molar-refractivity contribution in [2.75, 3.05) is 22.7 Å². The molecule has 156 valence electrons. The summed E-state index contributed by atoms with van der Waals surface area (Å²) >= 11 is 0. The number of rotatable bonds is 5. The van der Waals surface area contributed by atoms with Crippen LogP contribution in [0.25, 0.3) is 5.95 Å². The molecule has 0 radical (unpaired) electrons. The van der Waals surface area contributed by atoms with Gasteiger partial charge in [-0.05, 0) is 61.8 Å². The summed E-state index contributed by atoms with van der Waals surface area (Å²) in [5, 5.41) is 4.22. The summed E-state index contributed by atoms with van der Waals surface area (Å²) in [5.74, 6) is 0.402. The van der Waals surface area contributed by atoms with Crippen molar-refractivity contribution in [2.45, 2.75) is 43.4 Å². The molecule has 0 saturated carbocycles. The molecule has 2 aromatic heterocycles. The molecule has 1 aliphatic heterocycles. The number of aromatic nitrogens is 4. The minimum Gasteiger partial charge on any atom is -0.369 e. The SMILES string of the molecule is O=S(=O)(Nc1cnn(-c2ncc(N3CCCCC3)cn2)c1)c1ccc2c(c1)CCC2. The number of nitrogens with one attached hydrogen (secondary N) is 1. The van der Waals surface area contributed by atoms with Crippen LogP contribution in [-0.4, -0.2) is 41.3 Å². The van der Waals surface area contributed by atoms with Crippen molar-refractivity contribution in [1.82, 2.24) is 19.7 Å². The fraction of sp³-hybridized carbons (Fsp3) is 0.381. The van der Waals surface area contributed by atoms with Gasteiger partial charge in [-0.1, -0.05) is 6.07 Å². The second-order valence-electron chi connectivity index (χ2n) is 7.85. The third kappa shape index (κ3) is 3.77. The fourth-order valence-corrected chi connectivity index (χ4v) is 5.24. The van der Waals surface area contributed by atoms with Gasteiger partial charge >= 0.3 is 0 Å². The van der Waals surface area contributed by atoms with Gasteiger partial charge in [-0.15, -0.1) is 0 Å². The average molecular weight is 425 g/mol. The maximum atomic E-state index is 12.8. The number of hydrogen-bond acceptors (Lipinski definition) is 6. The van der Waals surface area contributed by atoms with E-state index in [-0.39, 0.29) is 4.90 Å². The zero-order valence-electron chi connectivity index (χ0n) is 16.7. The molecule has 5 rings (SSSR count). The van der Waals surface area contributed by atoms with Crippen LogP contribution in [0.4, 0.5) is 11.4 Å². The second-order valence-corrected chi connectivity index (χ2v) is 9.53. The standard InChI is InChI=1S/C21H24N6O2S/c28-30(29,20-8-7-16-5-4-6-17(16)11-20)25-18-12-24-27(15-18)21-22-13-19(14-23-21)26-9-2-1-3-10-26/h7-8,11-15,25H,1-6,9-10H2. The second kappa shape index (κ2) is 7.71. The third-order valence-corrected chi connectivity index (χ3v) is 7.14. The summed E-state index contributed by atoms with van der Waals surface area (Å²) in [7, 11) is -3.68. The van der Waals surface area contributed by atoms with Crippen LogP contribution >= 0.6 is 0 Å². The summed E-state index contributed by atoms with van der Waals surface area (Å²) in [6.45, 7) is 2.05. The number of sulfonamides is 1. The van der Waals surface area contributed by atoms with Crippen LogP contribution in [0, 0.1) is 0 Å². The molecule has 1 fully saturated rings. The van der Waals surface area contributed by atoms with Gasteiger partial charge in [0.1, 0.15) is 0 Å². The Labute approximate surface area is 176 Å². The first-order valence-electron chi connectivity index (χ1n) is 10.4. The first-order valence-corrected chi connectivity index (χ1v) is 11.8. The van der Waals surface area contributed by atoms with E-state index in [0.29, 0.717) is 11.6 Å². The highest BCUT2D eigenvalue weighted by atomic mass is 32.2. The van der Waals surface area contributed by atoms with Gasteiger partial charge in [-0.2, -0.15) is 5.10 Å². The van der Waals surface area contributed by atoms with E-state index in [4.69, 9.17) is 0 Å². The van der Waals surface area contributed by atoms with E-state index < -0.39 is 10.0 Å². The van der Waals surface area contributed by atoms with Crippen molar-refractivity contribution in [3.63, 3.8) is 0 Å². The van der Waals surface area contributed by atoms with Gasteiger partial charge in [0, 0.05) is 13.1 Å². The van der Waals surface area contributed by atoms with E-state index in [1.165, 1.54) is 35.7 Å². The van der Waals surface area contributed by atoms with E-state index >= 15 is 0 Å². The van der Waals surface area contributed by atoms with Crippen LogP contribution in [0.2, 0.25) is 0 Å². The molecule has 2 aliphatic rings. The summed E-state index contributed by atoms with van der Waals surface area (Å²) in [6.07, 6.45) is 13.3. The summed E-state index contributed by atoms with van der Waals surface area (Å²) in [5.41, 5.74) is 3.74. The van der Waals surface area contributed by atoms with Crippen LogP contribution in [-0.2, 0) is 22.9 Å². The molecule has 30 heavy (non-hydrogen) atoms. The van der Waals surface area contributed by atoms with E-state index in [1.54, 1.807) is 30.7 Å². The zero-order chi connectivity index (χ0) is 20.6. The quantitative estimate of drug-likeness (QED) is 0.677. The van der Waals surface area contributed by atoms with Crippen LogP contribution in [0.5, 0.6) is 0 Å². The number of aryl methyl sites for hydroxylation is 2. The predicted molar refractivity (Wildman–Crippen MR) is 114 cm³/mol. The highest BCUT2D eigenvalue weighted by Crippen LogP contribution is 2.26. The van der Waals surface area contributed by atoms with Gasteiger partial charge in [0.15, 0.2) is 0 Å².